The zero-order valence-electron chi connectivity index (χ0n) is 10.2. The van der Waals surface area contributed by atoms with E-state index in [1.54, 1.807) is 6.92 Å². The lowest BCUT2D eigenvalue weighted by Gasteiger charge is -2.02. The highest BCUT2D eigenvalue weighted by Crippen LogP contribution is 2.11. The van der Waals surface area contributed by atoms with E-state index in [4.69, 9.17) is 0 Å². The summed E-state index contributed by atoms with van der Waals surface area (Å²) < 4.78 is 1.86. The number of nitrogens with one attached hydrogen (secondary N) is 1. The van der Waals surface area contributed by atoms with Crippen molar-refractivity contribution in [1.82, 2.24) is 15.1 Å². The number of hydrogen-bond donors (Lipinski definition) is 1. The van der Waals surface area contributed by atoms with Crippen molar-refractivity contribution in [3.05, 3.63) is 17.0 Å². The van der Waals surface area contributed by atoms with Gasteiger partial charge in [0.25, 0.3) is 5.91 Å². The first-order chi connectivity index (χ1) is 7.56. The molecule has 1 aromatic heterocycles. The SMILES string of the molecule is CC#CC(=O)NCCc1c(C)nn(C)c1C. The van der Waals surface area contributed by atoms with E-state index in [-0.39, 0.29) is 5.91 Å². The Bertz CT molecular complexity index is 449. The fourth-order valence-corrected chi connectivity index (χ4v) is 1.64. The summed E-state index contributed by atoms with van der Waals surface area (Å²) in [7, 11) is 1.92. The maximum atomic E-state index is 11.1. The predicted octanol–water partition coefficient (Wildman–Crippen LogP) is 0.719. The average molecular weight is 219 g/mol. The van der Waals surface area contributed by atoms with Crippen molar-refractivity contribution < 1.29 is 4.79 Å². The van der Waals surface area contributed by atoms with Gasteiger partial charge in [0.2, 0.25) is 0 Å². The van der Waals surface area contributed by atoms with E-state index in [0.29, 0.717) is 6.54 Å². The summed E-state index contributed by atoms with van der Waals surface area (Å²) in [6.45, 7) is 6.26. The minimum atomic E-state index is -0.221. The van der Waals surface area contributed by atoms with E-state index in [2.05, 4.69) is 22.3 Å². The molecule has 0 aromatic carbocycles. The molecular formula is C12H17N3O. The predicted molar refractivity (Wildman–Crippen MR) is 62.8 cm³/mol. The molecule has 1 heterocycles. The summed E-state index contributed by atoms with van der Waals surface area (Å²) >= 11 is 0. The average Bonchev–Trinajstić information content (AvgIpc) is 2.45. The summed E-state index contributed by atoms with van der Waals surface area (Å²) in [5.41, 5.74) is 3.37. The number of hydrogen-bond acceptors (Lipinski definition) is 2. The topological polar surface area (TPSA) is 46.9 Å². The van der Waals surface area contributed by atoms with Crippen LogP contribution in [0.1, 0.15) is 23.9 Å². The van der Waals surface area contributed by atoms with Crippen LogP contribution < -0.4 is 5.32 Å². The van der Waals surface area contributed by atoms with Crippen LogP contribution in [0.4, 0.5) is 0 Å². The molecule has 0 saturated carbocycles. The Labute approximate surface area is 96.0 Å². The second-order valence-corrected chi connectivity index (χ2v) is 3.65. The van der Waals surface area contributed by atoms with Crippen LogP contribution in [0.15, 0.2) is 0 Å². The minimum Gasteiger partial charge on any atom is -0.345 e. The quantitative estimate of drug-likeness (QED) is 0.761. The highest BCUT2D eigenvalue weighted by atomic mass is 16.1. The van der Waals surface area contributed by atoms with Crippen molar-refractivity contribution in [3.8, 4) is 11.8 Å². The number of carbonyl (C=O) groups is 1. The van der Waals surface area contributed by atoms with E-state index in [0.717, 1.165) is 17.8 Å². The molecule has 1 amide bonds. The third-order valence-electron chi connectivity index (χ3n) is 2.56. The van der Waals surface area contributed by atoms with Gasteiger partial charge >= 0.3 is 0 Å². The fourth-order valence-electron chi connectivity index (χ4n) is 1.64. The number of nitrogens with zero attached hydrogens (tertiary/aromatic N) is 2. The van der Waals surface area contributed by atoms with Gasteiger partial charge in [-0.2, -0.15) is 5.10 Å². The van der Waals surface area contributed by atoms with Gasteiger partial charge in [0.1, 0.15) is 0 Å². The van der Waals surface area contributed by atoms with Crippen molar-refractivity contribution >= 4 is 5.91 Å². The van der Waals surface area contributed by atoms with Crippen molar-refractivity contribution in [2.24, 2.45) is 7.05 Å². The first-order valence-corrected chi connectivity index (χ1v) is 5.26. The maximum absolute atomic E-state index is 11.1. The van der Waals surface area contributed by atoms with Gasteiger partial charge < -0.3 is 5.32 Å². The van der Waals surface area contributed by atoms with Crippen LogP contribution in [-0.2, 0) is 18.3 Å². The number of aromatic nitrogens is 2. The van der Waals surface area contributed by atoms with E-state index in [1.165, 1.54) is 5.56 Å². The first-order valence-electron chi connectivity index (χ1n) is 5.26. The zero-order chi connectivity index (χ0) is 12.1. The highest BCUT2D eigenvalue weighted by molar-refractivity contribution is 5.93. The molecule has 0 radical (unpaired) electrons. The zero-order valence-corrected chi connectivity index (χ0v) is 10.2. The lowest BCUT2D eigenvalue weighted by Crippen LogP contribution is -2.24. The van der Waals surface area contributed by atoms with E-state index in [9.17, 15) is 4.79 Å². The number of aryl methyl sites for hydroxylation is 2. The van der Waals surface area contributed by atoms with Crippen molar-refractivity contribution in [2.75, 3.05) is 6.54 Å². The summed E-state index contributed by atoms with van der Waals surface area (Å²) in [4.78, 5) is 11.1. The van der Waals surface area contributed by atoms with Gasteiger partial charge in [0.15, 0.2) is 0 Å². The molecule has 0 aliphatic carbocycles. The fraction of sp³-hybridized carbons (Fsp3) is 0.500. The van der Waals surface area contributed by atoms with Crippen LogP contribution in [0.2, 0.25) is 0 Å². The van der Waals surface area contributed by atoms with Crippen molar-refractivity contribution in [1.29, 1.82) is 0 Å². The Morgan fingerprint density at radius 3 is 2.69 bits per heavy atom. The molecule has 0 aliphatic rings. The Morgan fingerprint density at radius 1 is 1.50 bits per heavy atom. The van der Waals surface area contributed by atoms with Crippen LogP contribution in [0.3, 0.4) is 0 Å². The highest BCUT2D eigenvalue weighted by Gasteiger charge is 2.08. The van der Waals surface area contributed by atoms with Gasteiger partial charge in [0, 0.05) is 19.3 Å². The molecule has 86 valence electrons. The van der Waals surface area contributed by atoms with Crippen LogP contribution in [0, 0.1) is 25.7 Å². The second kappa shape index (κ2) is 5.36. The summed E-state index contributed by atoms with van der Waals surface area (Å²) in [5, 5.41) is 7.07. The molecule has 4 nitrogen and oxygen atoms in total. The molecule has 0 unspecified atom stereocenters. The normalized spacial score (nSPS) is 9.50. The second-order valence-electron chi connectivity index (χ2n) is 3.65. The smallest absolute Gasteiger partial charge is 0.295 e. The summed E-state index contributed by atoms with van der Waals surface area (Å²) in [5.74, 6) is 4.79. The molecule has 16 heavy (non-hydrogen) atoms. The number of carbonyl (C=O) groups excluding carboxylic acids is 1. The number of amides is 1. The van der Waals surface area contributed by atoms with E-state index < -0.39 is 0 Å². The molecule has 0 spiro atoms. The largest absolute Gasteiger partial charge is 0.345 e. The lowest BCUT2D eigenvalue weighted by atomic mass is 10.1. The third-order valence-corrected chi connectivity index (χ3v) is 2.56. The Kier molecular flexibility index (Phi) is 4.12. The van der Waals surface area contributed by atoms with E-state index >= 15 is 0 Å². The molecule has 0 bridgehead atoms. The summed E-state index contributed by atoms with van der Waals surface area (Å²) in [6, 6.07) is 0. The molecule has 0 saturated heterocycles. The molecule has 1 N–H and O–H groups in total. The van der Waals surface area contributed by atoms with Gasteiger partial charge in [-0.1, -0.05) is 5.92 Å². The van der Waals surface area contributed by atoms with Gasteiger partial charge in [-0.3, -0.25) is 9.48 Å². The van der Waals surface area contributed by atoms with Gasteiger partial charge in [-0.25, -0.2) is 0 Å². The van der Waals surface area contributed by atoms with Crippen molar-refractivity contribution in [3.63, 3.8) is 0 Å². The Balaban J connectivity index is 2.54. The Hall–Kier alpha value is -1.76. The molecule has 1 rings (SSSR count). The Morgan fingerprint density at radius 2 is 2.19 bits per heavy atom. The number of rotatable bonds is 3. The molecule has 0 fully saturated rings. The van der Waals surface area contributed by atoms with E-state index in [1.807, 2.05) is 25.6 Å². The first kappa shape index (κ1) is 12.3. The van der Waals surface area contributed by atoms with Crippen LogP contribution in [-0.4, -0.2) is 22.2 Å². The van der Waals surface area contributed by atoms with Crippen LogP contribution in [0.5, 0.6) is 0 Å². The minimum absolute atomic E-state index is 0.221. The van der Waals surface area contributed by atoms with Gasteiger partial charge in [-0.15, -0.1) is 0 Å². The third kappa shape index (κ3) is 2.86. The molecule has 0 aliphatic heterocycles. The van der Waals surface area contributed by atoms with Crippen LogP contribution >= 0.6 is 0 Å². The van der Waals surface area contributed by atoms with Crippen molar-refractivity contribution in [2.45, 2.75) is 27.2 Å². The summed E-state index contributed by atoms with van der Waals surface area (Å²) in [6.07, 6.45) is 0.794. The molecule has 4 heteroatoms. The standard InChI is InChI=1S/C12H17N3O/c1-5-6-12(16)13-8-7-11-9(2)14-15(4)10(11)3/h7-8H2,1-4H3,(H,13,16). The van der Waals surface area contributed by atoms with Gasteiger partial charge in [0.05, 0.1) is 5.69 Å². The van der Waals surface area contributed by atoms with Crippen LogP contribution in [0.25, 0.3) is 0 Å². The van der Waals surface area contributed by atoms with Gasteiger partial charge in [-0.05, 0) is 38.7 Å². The monoisotopic (exact) mass is 219 g/mol. The molecule has 0 atom stereocenters. The molecule has 1 aromatic rings. The lowest BCUT2D eigenvalue weighted by molar-refractivity contribution is -0.115. The molecular weight excluding hydrogens is 202 g/mol. The maximum Gasteiger partial charge on any atom is 0.295 e.